The van der Waals surface area contributed by atoms with E-state index in [2.05, 4.69) is 4.98 Å². The van der Waals surface area contributed by atoms with Gasteiger partial charge < -0.3 is 10.0 Å². The predicted octanol–water partition coefficient (Wildman–Crippen LogP) is 2.47. The van der Waals surface area contributed by atoms with E-state index in [0.29, 0.717) is 18.3 Å². The van der Waals surface area contributed by atoms with Crippen LogP contribution in [-0.4, -0.2) is 22.2 Å². The van der Waals surface area contributed by atoms with Crippen LogP contribution < -0.4 is 5.46 Å². The van der Waals surface area contributed by atoms with Crippen LogP contribution in [-0.2, 0) is 12.4 Å². The van der Waals surface area contributed by atoms with Gasteiger partial charge in [0, 0.05) is 17.2 Å². The zero-order chi connectivity index (χ0) is 17.4. The molecule has 0 saturated heterocycles. The van der Waals surface area contributed by atoms with E-state index in [1.165, 1.54) is 6.07 Å². The van der Waals surface area contributed by atoms with Crippen molar-refractivity contribution in [1.82, 2.24) is 4.98 Å². The van der Waals surface area contributed by atoms with E-state index in [1.54, 1.807) is 0 Å². The molecule has 0 unspecified atom stereocenters. The molecule has 0 aliphatic carbocycles. The van der Waals surface area contributed by atoms with Crippen LogP contribution in [0.25, 0.3) is 11.3 Å². The second-order valence-corrected chi connectivity index (χ2v) is 4.54. The SMILES string of the molecule is OB(O)c1c(C(F)(F)F)ccnc1-c1ccccc1C(F)(F)F. The van der Waals surface area contributed by atoms with Crippen molar-refractivity contribution < 1.29 is 36.4 Å². The van der Waals surface area contributed by atoms with Gasteiger partial charge in [-0.15, -0.1) is 0 Å². The lowest BCUT2D eigenvalue weighted by atomic mass is 9.74. The molecule has 2 N–H and O–H groups in total. The molecule has 1 aromatic carbocycles. The third-order valence-corrected chi connectivity index (χ3v) is 3.04. The van der Waals surface area contributed by atoms with E-state index in [-0.39, 0.29) is 0 Å². The molecule has 0 fully saturated rings. The first kappa shape index (κ1) is 17.3. The van der Waals surface area contributed by atoms with Gasteiger partial charge in [-0.3, -0.25) is 4.98 Å². The van der Waals surface area contributed by atoms with Crippen molar-refractivity contribution in [1.29, 1.82) is 0 Å². The number of aromatic nitrogens is 1. The van der Waals surface area contributed by atoms with Crippen LogP contribution in [0.5, 0.6) is 0 Å². The maximum atomic E-state index is 13.0. The summed E-state index contributed by atoms with van der Waals surface area (Å²) in [7, 11) is -2.64. The molecule has 0 amide bonds. The first-order valence-corrected chi connectivity index (χ1v) is 6.12. The van der Waals surface area contributed by atoms with Crippen LogP contribution in [0.4, 0.5) is 26.3 Å². The van der Waals surface area contributed by atoms with Gasteiger partial charge in [0.1, 0.15) is 0 Å². The molecule has 0 aliphatic heterocycles. The van der Waals surface area contributed by atoms with Gasteiger partial charge in [0.25, 0.3) is 0 Å². The van der Waals surface area contributed by atoms with Crippen LogP contribution in [0.3, 0.4) is 0 Å². The van der Waals surface area contributed by atoms with Crippen molar-refractivity contribution in [2.24, 2.45) is 0 Å². The molecule has 23 heavy (non-hydrogen) atoms. The number of halogens is 6. The highest BCUT2D eigenvalue weighted by Gasteiger charge is 2.40. The van der Waals surface area contributed by atoms with Crippen LogP contribution in [0.1, 0.15) is 11.1 Å². The molecule has 0 radical (unpaired) electrons. The summed E-state index contributed by atoms with van der Waals surface area (Å²) < 4.78 is 78.0. The van der Waals surface area contributed by atoms with Crippen molar-refractivity contribution in [3.8, 4) is 11.3 Å². The molecule has 122 valence electrons. The summed E-state index contributed by atoms with van der Waals surface area (Å²) in [6.07, 6.45) is -9.16. The molecule has 0 atom stereocenters. The number of hydrogen-bond donors (Lipinski definition) is 2. The number of nitrogens with zero attached hydrogens (tertiary/aromatic N) is 1. The van der Waals surface area contributed by atoms with Gasteiger partial charge in [-0.2, -0.15) is 26.3 Å². The Hall–Kier alpha value is -2.07. The third-order valence-electron chi connectivity index (χ3n) is 3.04. The lowest BCUT2D eigenvalue weighted by Crippen LogP contribution is -2.38. The normalized spacial score (nSPS) is 12.3. The average Bonchev–Trinajstić information content (AvgIpc) is 2.44. The summed E-state index contributed by atoms with van der Waals surface area (Å²) in [5.74, 6) is 0. The summed E-state index contributed by atoms with van der Waals surface area (Å²) in [6, 6.07) is 4.30. The smallest absolute Gasteiger partial charge is 0.423 e. The molecule has 0 spiro atoms. The standard InChI is InChI=1S/C13H8BF6NO2/c15-12(16,17)8-4-2-1-3-7(8)11-10(14(22)23)9(5-6-21-11)13(18,19)20/h1-6,22-23H. The quantitative estimate of drug-likeness (QED) is 0.655. The first-order chi connectivity index (χ1) is 10.5. The molecule has 2 aromatic rings. The Bertz CT molecular complexity index is 714. The molecule has 0 aliphatic rings. The van der Waals surface area contributed by atoms with Crippen LogP contribution in [0.15, 0.2) is 36.5 Å². The number of benzene rings is 1. The zero-order valence-corrected chi connectivity index (χ0v) is 11.2. The van der Waals surface area contributed by atoms with Crippen molar-refractivity contribution in [3.63, 3.8) is 0 Å². The molecule has 0 saturated carbocycles. The zero-order valence-electron chi connectivity index (χ0n) is 11.2. The van der Waals surface area contributed by atoms with Gasteiger partial charge in [-0.25, -0.2) is 0 Å². The van der Waals surface area contributed by atoms with Crippen molar-refractivity contribution in [2.45, 2.75) is 12.4 Å². The number of alkyl halides is 6. The Morgan fingerprint density at radius 2 is 1.39 bits per heavy atom. The number of rotatable bonds is 2. The second kappa shape index (κ2) is 5.86. The Labute approximate surface area is 126 Å². The fourth-order valence-electron chi connectivity index (χ4n) is 2.13. The molecule has 2 rings (SSSR count). The molecular weight excluding hydrogens is 327 g/mol. The van der Waals surface area contributed by atoms with Crippen molar-refractivity contribution in [2.75, 3.05) is 0 Å². The van der Waals surface area contributed by atoms with Gasteiger partial charge in [0.05, 0.1) is 16.8 Å². The van der Waals surface area contributed by atoms with E-state index >= 15 is 0 Å². The monoisotopic (exact) mass is 335 g/mol. The molecule has 10 heteroatoms. The van der Waals surface area contributed by atoms with Gasteiger partial charge in [-0.05, 0) is 12.1 Å². The fourth-order valence-corrected chi connectivity index (χ4v) is 2.13. The Morgan fingerprint density at radius 1 is 0.826 bits per heavy atom. The van der Waals surface area contributed by atoms with Crippen LogP contribution in [0.2, 0.25) is 0 Å². The summed E-state index contributed by atoms with van der Waals surface area (Å²) in [4.78, 5) is 3.50. The third kappa shape index (κ3) is 3.48. The van der Waals surface area contributed by atoms with Gasteiger partial charge >= 0.3 is 19.5 Å². The maximum absolute atomic E-state index is 13.0. The average molecular weight is 335 g/mol. The lowest BCUT2D eigenvalue weighted by Gasteiger charge is -2.18. The minimum absolute atomic E-state index is 0.467. The Balaban J connectivity index is 2.81. The van der Waals surface area contributed by atoms with Crippen molar-refractivity contribution in [3.05, 3.63) is 47.7 Å². The van der Waals surface area contributed by atoms with E-state index in [1.807, 2.05) is 0 Å². The maximum Gasteiger partial charge on any atom is 0.491 e. The van der Waals surface area contributed by atoms with E-state index in [9.17, 15) is 36.4 Å². The van der Waals surface area contributed by atoms with Gasteiger partial charge in [0.15, 0.2) is 0 Å². The highest BCUT2D eigenvalue weighted by molar-refractivity contribution is 6.61. The largest absolute Gasteiger partial charge is 0.491 e. The van der Waals surface area contributed by atoms with Gasteiger partial charge in [0.2, 0.25) is 0 Å². The van der Waals surface area contributed by atoms with Crippen LogP contribution >= 0.6 is 0 Å². The first-order valence-electron chi connectivity index (χ1n) is 6.12. The van der Waals surface area contributed by atoms with E-state index in [4.69, 9.17) is 0 Å². The fraction of sp³-hybridized carbons (Fsp3) is 0.154. The summed E-state index contributed by atoms with van der Waals surface area (Å²) >= 11 is 0. The highest BCUT2D eigenvalue weighted by Crippen LogP contribution is 2.37. The second-order valence-electron chi connectivity index (χ2n) is 4.54. The predicted molar refractivity (Wildman–Crippen MR) is 69.5 cm³/mol. The van der Waals surface area contributed by atoms with Gasteiger partial charge in [-0.1, -0.05) is 18.2 Å². The Morgan fingerprint density at radius 3 is 1.91 bits per heavy atom. The van der Waals surface area contributed by atoms with Crippen molar-refractivity contribution >= 4 is 12.6 Å². The topological polar surface area (TPSA) is 53.4 Å². The molecule has 0 bridgehead atoms. The molecule has 3 nitrogen and oxygen atoms in total. The summed E-state index contributed by atoms with van der Waals surface area (Å²) in [6.45, 7) is 0. The highest BCUT2D eigenvalue weighted by atomic mass is 19.4. The summed E-state index contributed by atoms with van der Waals surface area (Å²) in [5.41, 5.74) is -5.28. The minimum Gasteiger partial charge on any atom is -0.423 e. The molecule has 1 heterocycles. The number of pyridine rings is 1. The minimum atomic E-state index is -4.98. The lowest BCUT2D eigenvalue weighted by molar-refractivity contribution is -0.137. The van der Waals surface area contributed by atoms with E-state index in [0.717, 1.165) is 12.1 Å². The number of hydrogen-bond acceptors (Lipinski definition) is 3. The molecule has 1 aromatic heterocycles. The van der Waals surface area contributed by atoms with Crippen LogP contribution in [0, 0.1) is 0 Å². The summed E-state index contributed by atoms with van der Waals surface area (Å²) in [5, 5.41) is 18.5. The molecular formula is C13H8BF6NO2. The van der Waals surface area contributed by atoms with E-state index < -0.39 is 47.3 Å². The Kier molecular flexibility index (Phi) is 4.40.